The summed E-state index contributed by atoms with van der Waals surface area (Å²) in [6, 6.07) is 10.9. The Balaban J connectivity index is 1.96. The number of hydrogen-bond donors (Lipinski definition) is 1. The number of morpholine rings is 1. The SMILES string of the molecule is Cc1cc(-c2ccc(N3C[C@@H](C)O[C@@H](C)C3)c(CN)c2)cc(C)n1. The topological polar surface area (TPSA) is 51.4 Å². The minimum atomic E-state index is 0.240. The molecular formula is C20H27N3O. The molecule has 1 aromatic carbocycles. The summed E-state index contributed by atoms with van der Waals surface area (Å²) < 4.78 is 5.85. The summed E-state index contributed by atoms with van der Waals surface area (Å²) in [6.45, 7) is 10.7. The van der Waals surface area contributed by atoms with Crippen molar-refractivity contribution in [2.75, 3.05) is 18.0 Å². The van der Waals surface area contributed by atoms with Crippen LogP contribution in [0.5, 0.6) is 0 Å². The molecule has 1 saturated heterocycles. The highest BCUT2D eigenvalue weighted by Gasteiger charge is 2.23. The number of nitrogens with zero attached hydrogens (tertiary/aromatic N) is 2. The highest BCUT2D eigenvalue weighted by molar-refractivity contribution is 5.69. The molecule has 4 nitrogen and oxygen atoms in total. The van der Waals surface area contributed by atoms with Gasteiger partial charge >= 0.3 is 0 Å². The van der Waals surface area contributed by atoms with Gasteiger partial charge in [-0.25, -0.2) is 0 Å². The van der Waals surface area contributed by atoms with E-state index in [-0.39, 0.29) is 12.2 Å². The lowest BCUT2D eigenvalue weighted by atomic mass is 10.00. The normalized spacial score (nSPS) is 21.1. The number of rotatable bonds is 3. The van der Waals surface area contributed by atoms with Crippen LogP contribution in [0.1, 0.15) is 30.8 Å². The molecule has 1 aliphatic rings. The van der Waals surface area contributed by atoms with Crippen LogP contribution in [0.25, 0.3) is 11.1 Å². The Bertz CT molecular complexity index is 699. The number of aryl methyl sites for hydroxylation is 2. The quantitative estimate of drug-likeness (QED) is 0.939. The molecule has 1 aromatic heterocycles. The van der Waals surface area contributed by atoms with E-state index in [1.54, 1.807) is 0 Å². The molecular weight excluding hydrogens is 298 g/mol. The zero-order chi connectivity index (χ0) is 17.3. The van der Waals surface area contributed by atoms with Gasteiger partial charge in [0.05, 0.1) is 12.2 Å². The third-order valence-corrected chi connectivity index (χ3v) is 4.47. The lowest BCUT2D eigenvalue weighted by molar-refractivity contribution is -0.00525. The Kier molecular flexibility index (Phi) is 4.88. The standard InChI is InChI=1S/C20H27N3O/c1-13-7-18(8-14(2)22-13)17-5-6-20(19(9-17)10-21)23-11-15(3)24-16(4)12-23/h5-9,15-16H,10-12,21H2,1-4H3/t15-,16+. The summed E-state index contributed by atoms with van der Waals surface area (Å²) >= 11 is 0. The molecule has 0 spiro atoms. The van der Waals surface area contributed by atoms with Crippen LogP contribution < -0.4 is 10.6 Å². The van der Waals surface area contributed by atoms with E-state index in [9.17, 15) is 0 Å². The van der Waals surface area contributed by atoms with E-state index in [4.69, 9.17) is 10.5 Å². The molecule has 0 aliphatic carbocycles. The van der Waals surface area contributed by atoms with Crippen molar-refractivity contribution in [1.29, 1.82) is 0 Å². The van der Waals surface area contributed by atoms with Gasteiger partial charge in [0, 0.05) is 36.7 Å². The third kappa shape index (κ3) is 3.60. The van der Waals surface area contributed by atoms with Crippen LogP contribution in [0.15, 0.2) is 30.3 Å². The van der Waals surface area contributed by atoms with Crippen molar-refractivity contribution < 1.29 is 4.74 Å². The smallest absolute Gasteiger partial charge is 0.0726 e. The fraction of sp³-hybridized carbons (Fsp3) is 0.450. The Morgan fingerprint density at radius 2 is 1.67 bits per heavy atom. The van der Waals surface area contributed by atoms with E-state index in [0.29, 0.717) is 6.54 Å². The van der Waals surface area contributed by atoms with Crippen LogP contribution in [0.2, 0.25) is 0 Å². The van der Waals surface area contributed by atoms with E-state index in [1.165, 1.54) is 22.4 Å². The Hall–Kier alpha value is -1.91. The number of nitrogens with two attached hydrogens (primary N) is 1. The molecule has 0 saturated carbocycles. The van der Waals surface area contributed by atoms with E-state index in [2.05, 4.69) is 54.1 Å². The molecule has 0 unspecified atom stereocenters. The summed E-state index contributed by atoms with van der Waals surface area (Å²) in [5, 5.41) is 0. The van der Waals surface area contributed by atoms with Crippen LogP contribution in [0.4, 0.5) is 5.69 Å². The number of anilines is 1. The molecule has 2 N–H and O–H groups in total. The van der Waals surface area contributed by atoms with E-state index in [1.807, 2.05) is 13.8 Å². The Morgan fingerprint density at radius 1 is 1.04 bits per heavy atom. The summed E-state index contributed by atoms with van der Waals surface area (Å²) in [6.07, 6.45) is 0.481. The zero-order valence-electron chi connectivity index (χ0n) is 15.0. The van der Waals surface area contributed by atoms with Crippen LogP contribution in [-0.2, 0) is 11.3 Å². The number of ether oxygens (including phenoxy) is 1. The minimum absolute atomic E-state index is 0.240. The van der Waals surface area contributed by atoms with E-state index in [0.717, 1.165) is 24.5 Å². The maximum atomic E-state index is 6.06. The molecule has 1 fully saturated rings. The number of aromatic nitrogens is 1. The first-order valence-electron chi connectivity index (χ1n) is 8.65. The van der Waals surface area contributed by atoms with Crippen molar-refractivity contribution >= 4 is 5.69 Å². The van der Waals surface area contributed by atoms with Gasteiger partial charge in [0.15, 0.2) is 0 Å². The van der Waals surface area contributed by atoms with Crippen LogP contribution in [0.3, 0.4) is 0 Å². The van der Waals surface area contributed by atoms with Crippen LogP contribution in [-0.4, -0.2) is 30.3 Å². The predicted octanol–water partition coefficient (Wildman–Crippen LogP) is 3.44. The average Bonchev–Trinajstić information content (AvgIpc) is 2.52. The van der Waals surface area contributed by atoms with Crippen LogP contribution in [0, 0.1) is 13.8 Å². The minimum Gasteiger partial charge on any atom is -0.372 e. The van der Waals surface area contributed by atoms with Crippen molar-refractivity contribution in [1.82, 2.24) is 4.98 Å². The van der Waals surface area contributed by atoms with Crippen LogP contribution >= 0.6 is 0 Å². The Morgan fingerprint density at radius 3 is 2.25 bits per heavy atom. The molecule has 24 heavy (non-hydrogen) atoms. The third-order valence-electron chi connectivity index (χ3n) is 4.47. The van der Waals surface area contributed by atoms with E-state index >= 15 is 0 Å². The molecule has 2 atom stereocenters. The first-order chi connectivity index (χ1) is 11.5. The summed E-state index contributed by atoms with van der Waals surface area (Å²) in [4.78, 5) is 6.86. The maximum Gasteiger partial charge on any atom is 0.0726 e. The fourth-order valence-electron chi connectivity index (χ4n) is 3.61. The van der Waals surface area contributed by atoms with Gasteiger partial charge in [0.2, 0.25) is 0 Å². The second kappa shape index (κ2) is 6.91. The lowest BCUT2D eigenvalue weighted by Gasteiger charge is -2.38. The molecule has 4 heteroatoms. The van der Waals surface area contributed by atoms with Gasteiger partial charge < -0.3 is 15.4 Å². The first-order valence-corrected chi connectivity index (χ1v) is 8.65. The highest BCUT2D eigenvalue weighted by Crippen LogP contribution is 2.30. The van der Waals surface area contributed by atoms with Gasteiger partial charge in [0.1, 0.15) is 0 Å². The summed E-state index contributed by atoms with van der Waals surface area (Å²) in [7, 11) is 0. The van der Waals surface area contributed by atoms with E-state index < -0.39 is 0 Å². The monoisotopic (exact) mass is 325 g/mol. The molecule has 0 bridgehead atoms. The highest BCUT2D eigenvalue weighted by atomic mass is 16.5. The molecule has 2 heterocycles. The van der Waals surface area contributed by atoms with Crippen molar-refractivity contribution in [2.24, 2.45) is 5.73 Å². The molecule has 2 aromatic rings. The number of pyridine rings is 1. The van der Waals surface area contributed by atoms with Crippen molar-refractivity contribution in [2.45, 2.75) is 46.4 Å². The molecule has 128 valence electrons. The van der Waals surface area contributed by atoms with Gasteiger partial charge in [-0.2, -0.15) is 0 Å². The molecule has 0 amide bonds. The fourth-order valence-corrected chi connectivity index (χ4v) is 3.61. The van der Waals surface area contributed by atoms with Gasteiger partial charge in [-0.05, 0) is 68.7 Å². The van der Waals surface area contributed by atoms with Crippen molar-refractivity contribution in [3.63, 3.8) is 0 Å². The summed E-state index contributed by atoms with van der Waals surface area (Å²) in [5.74, 6) is 0. The largest absolute Gasteiger partial charge is 0.372 e. The second-order valence-corrected chi connectivity index (χ2v) is 6.85. The zero-order valence-corrected chi connectivity index (χ0v) is 15.0. The Labute approximate surface area is 144 Å². The second-order valence-electron chi connectivity index (χ2n) is 6.85. The molecule has 3 rings (SSSR count). The van der Waals surface area contributed by atoms with Gasteiger partial charge in [-0.3, -0.25) is 4.98 Å². The van der Waals surface area contributed by atoms with Crippen molar-refractivity contribution in [3.8, 4) is 11.1 Å². The first kappa shape index (κ1) is 16.9. The van der Waals surface area contributed by atoms with Crippen molar-refractivity contribution in [3.05, 3.63) is 47.3 Å². The molecule has 0 radical (unpaired) electrons. The van der Waals surface area contributed by atoms with Gasteiger partial charge in [-0.15, -0.1) is 0 Å². The maximum absolute atomic E-state index is 6.06. The van der Waals surface area contributed by atoms with Gasteiger partial charge in [0.25, 0.3) is 0 Å². The summed E-state index contributed by atoms with van der Waals surface area (Å²) in [5.41, 5.74) is 12.9. The predicted molar refractivity (Wildman–Crippen MR) is 99.3 cm³/mol. The average molecular weight is 325 g/mol. The lowest BCUT2D eigenvalue weighted by Crippen LogP contribution is -2.45. The number of hydrogen-bond acceptors (Lipinski definition) is 4. The van der Waals surface area contributed by atoms with Gasteiger partial charge in [-0.1, -0.05) is 6.07 Å². The molecule has 1 aliphatic heterocycles. The number of benzene rings is 1.